The van der Waals surface area contributed by atoms with Crippen LogP contribution in [0, 0.1) is 11.8 Å². The highest BCUT2D eigenvalue weighted by atomic mass is 19.3. The third kappa shape index (κ3) is 2.90. The summed E-state index contributed by atoms with van der Waals surface area (Å²) in [6, 6.07) is -0.0807. The van der Waals surface area contributed by atoms with Crippen LogP contribution in [0.2, 0.25) is 0 Å². The molecular formula is C12H15F2N. The van der Waals surface area contributed by atoms with Crippen molar-refractivity contribution in [3.05, 3.63) is 23.3 Å². The first kappa shape index (κ1) is 11.9. The van der Waals surface area contributed by atoms with Crippen LogP contribution in [0.3, 0.4) is 0 Å². The van der Waals surface area contributed by atoms with Gasteiger partial charge in [0.25, 0.3) is 5.92 Å². The van der Waals surface area contributed by atoms with Crippen LogP contribution >= 0.6 is 0 Å². The lowest BCUT2D eigenvalue weighted by Gasteiger charge is -2.21. The SMILES string of the molecule is CNC(C)C1=C(C(C)(F)F)C=CC#CC1. The van der Waals surface area contributed by atoms with Crippen molar-refractivity contribution >= 4 is 0 Å². The summed E-state index contributed by atoms with van der Waals surface area (Å²) in [4.78, 5) is 0. The third-order valence-electron chi connectivity index (χ3n) is 2.49. The van der Waals surface area contributed by atoms with Crippen LogP contribution in [-0.4, -0.2) is 19.0 Å². The molecule has 0 aromatic carbocycles. The van der Waals surface area contributed by atoms with Gasteiger partial charge in [-0.3, -0.25) is 0 Å². The summed E-state index contributed by atoms with van der Waals surface area (Å²) in [5.74, 6) is 2.76. The molecule has 1 N–H and O–H groups in total. The Labute approximate surface area is 89.2 Å². The number of nitrogens with one attached hydrogen (secondary N) is 1. The van der Waals surface area contributed by atoms with Gasteiger partial charge in [-0.25, -0.2) is 8.78 Å². The first-order chi connectivity index (χ1) is 6.96. The van der Waals surface area contributed by atoms with Gasteiger partial charge in [-0.2, -0.15) is 0 Å². The van der Waals surface area contributed by atoms with E-state index in [-0.39, 0.29) is 11.6 Å². The summed E-state index contributed by atoms with van der Waals surface area (Å²) in [5.41, 5.74) is 0.744. The van der Waals surface area contributed by atoms with E-state index in [1.165, 1.54) is 12.2 Å². The van der Waals surface area contributed by atoms with Crippen molar-refractivity contribution in [1.29, 1.82) is 0 Å². The number of alkyl halides is 2. The molecule has 15 heavy (non-hydrogen) atoms. The van der Waals surface area contributed by atoms with E-state index in [0.717, 1.165) is 6.92 Å². The zero-order chi connectivity index (χ0) is 11.5. The van der Waals surface area contributed by atoms with Gasteiger partial charge < -0.3 is 5.32 Å². The van der Waals surface area contributed by atoms with E-state index in [9.17, 15) is 8.78 Å². The molecule has 0 saturated carbocycles. The van der Waals surface area contributed by atoms with E-state index in [1.54, 1.807) is 7.05 Å². The maximum absolute atomic E-state index is 13.3. The summed E-state index contributed by atoms with van der Waals surface area (Å²) in [7, 11) is 1.76. The highest BCUT2D eigenvalue weighted by Crippen LogP contribution is 2.30. The lowest BCUT2D eigenvalue weighted by Crippen LogP contribution is -2.27. The molecule has 0 aromatic heterocycles. The minimum Gasteiger partial charge on any atom is -0.313 e. The molecule has 0 aliphatic heterocycles. The Bertz CT molecular complexity index is 350. The molecule has 3 heteroatoms. The Morgan fingerprint density at radius 3 is 2.73 bits per heavy atom. The van der Waals surface area contributed by atoms with E-state index in [0.29, 0.717) is 12.0 Å². The summed E-state index contributed by atoms with van der Waals surface area (Å²) in [5, 5.41) is 2.97. The van der Waals surface area contributed by atoms with Gasteiger partial charge >= 0.3 is 0 Å². The molecule has 0 amide bonds. The minimum atomic E-state index is -2.81. The van der Waals surface area contributed by atoms with E-state index >= 15 is 0 Å². The second-order valence-electron chi connectivity index (χ2n) is 3.67. The van der Waals surface area contributed by atoms with Gasteiger partial charge in [0.15, 0.2) is 0 Å². The zero-order valence-corrected chi connectivity index (χ0v) is 9.20. The standard InChI is InChI=1S/C12H15F2N/c1-9(15-3)10-7-5-4-6-8-11(10)12(2,13)14/h6,8-9,15H,7H2,1-3H3. The van der Waals surface area contributed by atoms with Gasteiger partial charge in [0.1, 0.15) is 0 Å². The maximum Gasteiger partial charge on any atom is 0.270 e. The van der Waals surface area contributed by atoms with Crippen molar-refractivity contribution in [2.45, 2.75) is 32.2 Å². The number of hydrogen-bond donors (Lipinski definition) is 1. The van der Waals surface area contributed by atoms with Gasteiger partial charge in [-0.1, -0.05) is 11.8 Å². The summed E-state index contributed by atoms with van der Waals surface area (Å²) in [6.45, 7) is 2.78. The molecule has 82 valence electrons. The summed E-state index contributed by atoms with van der Waals surface area (Å²) in [6.07, 6.45) is 3.30. The fraction of sp³-hybridized carbons (Fsp3) is 0.500. The average molecular weight is 211 g/mol. The second-order valence-corrected chi connectivity index (χ2v) is 3.67. The number of likely N-dealkylation sites (N-methyl/N-ethyl adjacent to an activating group) is 1. The molecule has 0 spiro atoms. The number of allylic oxidation sites excluding steroid dienone is 3. The first-order valence-electron chi connectivity index (χ1n) is 4.90. The first-order valence-corrected chi connectivity index (χ1v) is 4.90. The lowest BCUT2D eigenvalue weighted by molar-refractivity contribution is 0.0657. The van der Waals surface area contributed by atoms with E-state index in [4.69, 9.17) is 0 Å². The van der Waals surface area contributed by atoms with E-state index in [1.807, 2.05) is 6.92 Å². The normalized spacial score (nSPS) is 18.2. The van der Waals surface area contributed by atoms with Gasteiger partial charge in [0, 0.05) is 25.0 Å². The van der Waals surface area contributed by atoms with Crippen LogP contribution in [0.15, 0.2) is 23.3 Å². The van der Waals surface area contributed by atoms with Crippen LogP contribution < -0.4 is 5.32 Å². The second kappa shape index (κ2) is 4.59. The monoisotopic (exact) mass is 211 g/mol. The van der Waals surface area contributed by atoms with Crippen molar-refractivity contribution in [3.63, 3.8) is 0 Å². The molecule has 0 aromatic rings. The van der Waals surface area contributed by atoms with E-state index in [2.05, 4.69) is 17.2 Å². The summed E-state index contributed by atoms with van der Waals surface area (Å²) >= 11 is 0. The Hall–Kier alpha value is -1.14. The Kier molecular flexibility index (Phi) is 3.65. The van der Waals surface area contributed by atoms with Crippen molar-refractivity contribution in [3.8, 4) is 11.8 Å². The summed E-state index contributed by atoms with van der Waals surface area (Å²) < 4.78 is 26.7. The third-order valence-corrected chi connectivity index (χ3v) is 2.49. The molecular weight excluding hydrogens is 196 g/mol. The maximum atomic E-state index is 13.3. The topological polar surface area (TPSA) is 12.0 Å². The molecule has 1 aliphatic carbocycles. The molecule has 1 nitrogen and oxygen atoms in total. The van der Waals surface area contributed by atoms with Gasteiger partial charge in [0.05, 0.1) is 0 Å². The quantitative estimate of drug-likeness (QED) is 0.707. The van der Waals surface area contributed by atoms with Crippen LogP contribution in [0.5, 0.6) is 0 Å². The van der Waals surface area contributed by atoms with Crippen molar-refractivity contribution in [2.24, 2.45) is 0 Å². The molecule has 0 radical (unpaired) electrons. The predicted octanol–water partition coefficient (Wildman–Crippen LogP) is 2.51. The molecule has 1 aliphatic rings. The molecule has 0 fully saturated rings. The van der Waals surface area contributed by atoms with Crippen molar-refractivity contribution in [1.82, 2.24) is 5.32 Å². The smallest absolute Gasteiger partial charge is 0.270 e. The number of rotatable bonds is 3. The minimum absolute atomic E-state index is 0.0712. The van der Waals surface area contributed by atoms with Crippen LogP contribution in [0.1, 0.15) is 20.3 Å². The highest BCUT2D eigenvalue weighted by Gasteiger charge is 2.30. The molecule has 1 rings (SSSR count). The fourth-order valence-electron chi connectivity index (χ4n) is 1.52. The lowest BCUT2D eigenvalue weighted by atomic mass is 9.95. The zero-order valence-electron chi connectivity index (χ0n) is 9.20. The average Bonchev–Trinajstić information content (AvgIpc) is 2.40. The van der Waals surface area contributed by atoms with Gasteiger partial charge in [0.2, 0.25) is 0 Å². The van der Waals surface area contributed by atoms with Crippen LogP contribution in [-0.2, 0) is 0 Å². The number of halogens is 2. The van der Waals surface area contributed by atoms with E-state index < -0.39 is 5.92 Å². The Balaban J connectivity index is 3.16. The fourth-order valence-corrected chi connectivity index (χ4v) is 1.52. The molecule has 0 bridgehead atoms. The molecule has 1 atom stereocenters. The highest BCUT2D eigenvalue weighted by molar-refractivity contribution is 5.41. The van der Waals surface area contributed by atoms with Gasteiger partial charge in [-0.15, -0.1) is 0 Å². The Morgan fingerprint density at radius 1 is 1.53 bits per heavy atom. The Morgan fingerprint density at radius 2 is 2.20 bits per heavy atom. The molecule has 0 heterocycles. The van der Waals surface area contributed by atoms with Crippen LogP contribution in [0.4, 0.5) is 8.78 Å². The molecule has 0 saturated heterocycles. The van der Waals surface area contributed by atoms with Crippen molar-refractivity contribution in [2.75, 3.05) is 7.05 Å². The number of hydrogen-bond acceptors (Lipinski definition) is 1. The van der Waals surface area contributed by atoms with Gasteiger partial charge in [-0.05, 0) is 31.7 Å². The molecule has 1 unspecified atom stereocenters. The predicted molar refractivity (Wildman–Crippen MR) is 57.7 cm³/mol. The van der Waals surface area contributed by atoms with Crippen molar-refractivity contribution < 1.29 is 8.78 Å². The largest absolute Gasteiger partial charge is 0.313 e. The van der Waals surface area contributed by atoms with Crippen LogP contribution in [0.25, 0.3) is 0 Å².